The molecule has 2 aromatic rings. The minimum atomic E-state index is 0.400. The van der Waals surface area contributed by atoms with Crippen LogP contribution < -0.4 is 10.1 Å². The van der Waals surface area contributed by atoms with Gasteiger partial charge in [0.15, 0.2) is 0 Å². The molecule has 1 aliphatic carbocycles. The molecule has 0 atom stereocenters. The van der Waals surface area contributed by atoms with Gasteiger partial charge in [0.1, 0.15) is 13.3 Å². The summed E-state index contributed by atoms with van der Waals surface area (Å²) in [6.07, 6.45) is 11.3. The molecule has 0 spiro atoms. The minimum absolute atomic E-state index is 0.400. The zero-order valence-corrected chi connectivity index (χ0v) is 15.6. The van der Waals surface area contributed by atoms with Gasteiger partial charge < -0.3 is 10.1 Å². The first-order valence-electron chi connectivity index (χ1n) is 8.69. The molecule has 0 radical (unpaired) electrons. The van der Waals surface area contributed by atoms with E-state index >= 15 is 0 Å². The van der Waals surface area contributed by atoms with Crippen LogP contribution in [0.15, 0.2) is 76.5 Å². The van der Waals surface area contributed by atoms with Gasteiger partial charge >= 0.3 is 0 Å². The number of allylic oxidation sites excluding steroid dienone is 5. The Morgan fingerprint density at radius 2 is 2.11 bits per heavy atom. The predicted octanol–water partition coefficient (Wildman–Crippen LogP) is 3.92. The first kappa shape index (κ1) is 18.4. The minimum Gasteiger partial charge on any atom is -0.472 e. The zero-order valence-electron chi connectivity index (χ0n) is 15.6. The molecule has 1 aliphatic rings. The lowest BCUT2D eigenvalue weighted by Gasteiger charge is -2.12. The summed E-state index contributed by atoms with van der Waals surface area (Å²) < 4.78 is 7.61. The van der Waals surface area contributed by atoms with Gasteiger partial charge in [-0.15, -0.1) is 5.10 Å². The Labute approximate surface area is 159 Å². The SMILES string of the molecule is C=N/C=C1/C=CC=C/C1=N/Cn1ccc(OCc2c(C)cccc2NC)n1. The summed E-state index contributed by atoms with van der Waals surface area (Å²) in [5.74, 6) is 0.572. The van der Waals surface area contributed by atoms with Crippen LogP contribution in [0, 0.1) is 6.92 Å². The van der Waals surface area contributed by atoms with E-state index < -0.39 is 0 Å². The van der Waals surface area contributed by atoms with Crippen molar-refractivity contribution >= 4 is 18.1 Å². The Balaban J connectivity index is 1.65. The standard InChI is InChI=1S/C21H23N5O/c1-16-7-6-10-20(23-3)18(16)14-27-21-11-12-26(25-21)15-24-19-9-5-4-8-17(19)13-22-2/h4-13,23H,2,14-15H2,1,3H3/b17-13-,24-19-. The van der Waals surface area contributed by atoms with Crippen LogP contribution in [0.3, 0.4) is 0 Å². The summed E-state index contributed by atoms with van der Waals surface area (Å²) in [4.78, 5) is 8.40. The van der Waals surface area contributed by atoms with Crippen molar-refractivity contribution in [2.45, 2.75) is 20.2 Å². The van der Waals surface area contributed by atoms with Crippen molar-refractivity contribution in [1.82, 2.24) is 9.78 Å². The van der Waals surface area contributed by atoms with E-state index in [1.54, 1.807) is 10.9 Å². The van der Waals surface area contributed by atoms with Crippen molar-refractivity contribution in [3.63, 3.8) is 0 Å². The Morgan fingerprint density at radius 3 is 2.93 bits per heavy atom. The summed E-state index contributed by atoms with van der Waals surface area (Å²) in [5, 5.41) is 7.63. The molecule has 1 N–H and O–H groups in total. The molecule has 3 rings (SSSR count). The van der Waals surface area contributed by atoms with E-state index in [9.17, 15) is 0 Å². The van der Waals surface area contributed by atoms with Gasteiger partial charge in [0.05, 0.1) is 5.71 Å². The van der Waals surface area contributed by atoms with Crippen molar-refractivity contribution in [2.75, 3.05) is 12.4 Å². The number of ether oxygens (including phenoxy) is 1. The van der Waals surface area contributed by atoms with Crippen molar-refractivity contribution in [3.8, 4) is 5.88 Å². The Hall–Kier alpha value is -3.41. The number of aromatic nitrogens is 2. The number of rotatable bonds is 7. The summed E-state index contributed by atoms with van der Waals surface area (Å²) in [6, 6.07) is 7.98. The molecule has 0 bridgehead atoms. The number of nitrogens with zero attached hydrogens (tertiary/aromatic N) is 4. The lowest BCUT2D eigenvalue weighted by molar-refractivity contribution is 0.289. The normalized spacial score (nSPS) is 16.1. The lowest BCUT2D eigenvalue weighted by Crippen LogP contribution is -2.05. The second-order valence-corrected chi connectivity index (χ2v) is 6.00. The molecule has 0 aliphatic heterocycles. The maximum Gasteiger partial charge on any atom is 0.233 e. The molecule has 1 aromatic heterocycles. The molecular formula is C21H23N5O. The zero-order chi connectivity index (χ0) is 19.1. The Morgan fingerprint density at radius 1 is 1.26 bits per heavy atom. The van der Waals surface area contributed by atoms with E-state index in [-0.39, 0.29) is 0 Å². The first-order valence-corrected chi connectivity index (χ1v) is 8.69. The van der Waals surface area contributed by atoms with Gasteiger partial charge in [0.2, 0.25) is 5.88 Å². The molecule has 0 fully saturated rings. The molecule has 0 unspecified atom stereocenters. The number of anilines is 1. The van der Waals surface area contributed by atoms with Crippen LogP contribution in [0.25, 0.3) is 0 Å². The monoisotopic (exact) mass is 361 g/mol. The summed E-state index contributed by atoms with van der Waals surface area (Å²) >= 11 is 0. The van der Waals surface area contributed by atoms with Gasteiger partial charge in [0, 0.05) is 42.3 Å². The number of aliphatic imine (C=N–C) groups is 2. The molecule has 1 aromatic carbocycles. The van der Waals surface area contributed by atoms with Crippen LogP contribution in [0.2, 0.25) is 0 Å². The highest BCUT2D eigenvalue weighted by Crippen LogP contribution is 2.21. The number of benzene rings is 1. The average Bonchev–Trinajstić information content (AvgIpc) is 3.14. The molecular weight excluding hydrogens is 338 g/mol. The van der Waals surface area contributed by atoms with Gasteiger partial charge in [-0.25, -0.2) is 4.68 Å². The van der Waals surface area contributed by atoms with Crippen LogP contribution in [0.4, 0.5) is 5.69 Å². The predicted molar refractivity (Wildman–Crippen MR) is 111 cm³/mol. The van der Waals surface area contributed by atoms with Gasteiger partial charge in [-0.1, -0.05) is 30.4 Å². The highest BCUT2D eigenvalue weighted by atomic mass is 16.5. The van der Waals surface area contributed by atoms with Crippen LogP contribution in [-0.2, 0) is 13.3 Å². The Kier molecular flexibility index (Phi) is 5.99. The van der Waals surface area contributed by atoms with Crippen LogP contribution in [0.1, 0.15) is 11.1 Å². The largest absolute Gasteiger partial charge is 0.472 e. The fourth-order valence-electron chi connectivity index (χ4n) is 2.76. The molecule has 27 heavy (non-hydrogen) atoms. The van der Waals surface area contributed by atoms with Gasteiger partial charge in [-0.3, -0.25) is 9.98 Å². The molecule has 0 amide bonds. The van der Waals surface area contributed by atoms with Gasteiger partial charge in [-0.05, 0) is 31.3 Å². The van der Waals surface area contributed by atoms with E-state index in [1.165, 1.54) is 5.56 Å². The number of hydrogen-bond donors (Lipinski definition) is 1. The van der Waals surface area contributed by atoms with Crippen molar-refractivity contribution in [3.05, 3.63) is 77.7 Å². The second-order valence-electron chi connectivity index (χ2n) is 6.00. The third kappa shape index (κ3) is 4.61. The fraction of sp³-hybridized carbons (Fsp3) is 0.190. The van der Waals surface area contributed by atoms with Crippen LogP contribution in [0.5, 0.6) is 5.88 Å². The second kappa shape index (κ2) is 8.80. The molecule has 6 nitrogen and oxygen atoms in total. The van der Waals surface area contributed by atoms with Gasteiger partial charge in [0.25, 0.3) is 0 Å². The third-order valence-corrected chi connectivity index (χ3v) is 4.21. The lowest BCUT2D eigenvalue weighted by atomic mass is 10.1. The molecule has 6 heteroatoms. The summed E-state index contributed by atoms with van der Waals surface area (Å²) in [5.41, 5.74) is 5.14. The van der Waals surface area contributed by atoms with E-state index in [4.69, 9.17) is 4.74 Å². The quantitative estimate of drug-likeness (QED) is 0.760. The smallest absolute Gasteiger partial charge is 0.233 e. The number of hydrogen-bond acceptors (Lipinski definition) is 5. The average molecular weight is 361 g/mol. The molecule has 0 saturated carbocycles. The molecule has 0 saturated heterocycles. The van der Waals surface area contributed by atoms with E-state index in [1.807, 2.05) is 55.7 Å². The molecule has 138 valence electrons. The van der Waals surface area contributed by atoms with E-state index in [0.717, 1.165) is 22.5 Å². The summed E-state index contributed by atoms with van der Waals surface area (Å²) in [6.45, 7) is 6.43. The first-order chi connectivity index (χ1) is 13.2. The number of nitrogens with one attached hydrogen (secondary N) is 1. The van der Waals surface area contributed by atoms with E-state index in [2.05, 4.69) is 40.1 Å². The van der Waals surface area contributed by atoms with Crippen LogP contribution >= 0.6 is 0 Å². The van der Waals surface area contributed by atoms with E-state index in [0.29, 0.717) is 19.2 Å². The maximum absolute atomic E-state index is 5.87. The fourth-order valence-corrected chi connectivity index (χ4v) is 2.76. The van der Waals surface area contributed by atoms with Gasteiger partial charge in [-0.2, -0.15) is 0 Å². The molecule has 1 heterocycles. The third-order valence-electron chi connectivity index (χ3n) is 4.21. The highest BCUT2D eigenvalue weighted by Gasteiger charge is 2.07. The van der Waals surface area contributed by atoms with Crippen molar-refractivity contribution < 1.29 is 4.74 Å². The summed E-state index contributed by atoms with van der Waals surface area (Å²) in [7, 11) is 1.91. The number of aryl methyl sites for hydroxylation is 1. The highest BCUT2D eigenvalue weighted by molar-refractivity contribution is 6.11. The van der Waals surface area contributed by atoms with Crippen LogP contribution in [-0.4, -0.2) is 29.3 Å². The van der Waals surface area contributed by atoms with Crippen molar-refractivity contribution in [1.29, 1.82) is 0 Å². The van der Waals surface area contributed by atoms with Crippen molar-refractivity contribution in [2.24, 2.45) is 9.98 Å². The Bertz CT molecular complexity index is 934. The topological polar surface area (TPSA) is 63.8 Å². The maximum atomic E-state index is 5.87.